The second-order valence-electron chi connectivity index (χ2n) is 5.42. The molecule has 0 bridgehead atoms. The van der Waals surface area contributed by atoms with Crippen molar-refractivity contribution in [3.8, 4) is 11.5 Å². The third-order valence-electron chi connectivity index (χ3n) is 3.50. The molecule has 0 atom stereocenters. The van der Waals surface area contributed by atoms with E-state index in [0.717, 1.165) is 0 Å². The smallest absolute Gasteiger partial charge is 0.255 e. The third-order valence-corrected chi connectivity index (χ3v) is 3.81. The van der Waals surface area contributed by atoms with Gasteiger partial charge in [0.15, 0.2) is 11.5 Å². The molecule has 0 aromatic heterocycles. The van der Waals surface area contributed by atoms with Gasteiger partial charge < -0.3 is 19.7 Å². The van der Waals surface area contributed by atoms with Gasteiger partial charge in [-0.15, -0.1) is 0 Å². The minimum Gasteiger partial charge on any atom is -0.454 e. The fourth-order valence-corrected chi connectivity index (χ4v) is 2.51. The van der Waals surface area contributed by atoms with Crippen molar-refractivity contribution < 1.29 is 19.1 Å². The van der Waals surface area contributed by atoms with Crippen molar-refractivity contribution in [1.29, 1.82) is 0 Å². The molecule has 0 radical (unpaired) electrons. The molecule has 24 heavy (non-hydrogen) atoms. The van der Waals surface area contributed by atoms with Crippen LogP contribution in [0.2, 0.25) is 5.02 Å². The molecule has 0 fully saturated rings. The summed E-state index contributed by atoms with van der Waals surface area (Å²) in [7, 11) is 3.29. The Balaban J connectivity index is 1.77. The zero-order valence-electron chi connectivity index (χ0n) is 13.1. The number of benzene rings is 2. The SMILES string of the molecule is CN(C)C(=O)c1ccc(NC(=O)c2ccc3c(c2)OCO3)cc1Cl. The number of anilines is 1. The minimum absolute atomic E-state index is 0.150. The monoisotopic (exact) mass is 346 g/mol. The fourth-order valence-electron chi connectivity index (χ4n) is 2.25. The molecule has 1 N–H and O–H groups in total. The first-order valence-corrected chi connectivity index (χ1v) is 7.55. The molecule has 124 valence electrons. The van der Waals surface area contributed by atoms with E-state index in [4.69, 9.17) is 21.1 Å². The fraction of sp³-hybridized carbons (Fsp3) is 0.176. The molecule has 0 saturated heterocycles. The van der Waals surface area contributed by atoms with Gasteiger partial charge in [0.25, 0.3) is 11.8 Å². The summed E-state index contributed by atoms with van der Waals surface area (Å²) in [5.74, 6) is 0.637. The normalized spacial score (nSPS) is 12.0. The Bertz CT molecular complexity index is 820. The first-order chi connectivity index (χ1) is 11.5. The zero-order chi connectivity index (χ0) is 17.3. The molecule has 2 amide bonds. The van der Waals surface area contributed by atoms with E-state index in [0.29, 0.717) is 28.3 Å². The quantitative estimate of drug-likeness (QED) is 0.927. The average Bonchev–Trinajstić information content (AvgIpc) is 3.01. The van der Waals surface area contributed by atoms with E-state index in [1.54, 1.807) is 50.5 Å². The lowest BCUT2D eigenvalue weighted by atomic mass is 10.1. The van der Waals surface area contributed by atoms with Crippen molar-refractivity contribution in [1.82, 2.24) is 4.90 Å². The van der Waals surface area contributed by atoms with E-state index >= 15 is 0 Å². The number of ether oxygens (including phenoxy) is 2. The number of halogens is 1. The second kappa shape index (κ2) is 6.41. The van der Waals surface area contributed by atoms with Crippen LogP contribution in [-0.4, -0.2) is 37.6 Å². The van der Waals surface area contributed by atoms with Crippen molar-refractivity contribution in [3.05, 3.63) is 52.5 Å². The van der Waals surface area contributed by atoms with Crippen molar-refractivity contribution in [2.45, 2.75) is 0 Å². The Morgan fingerprint density at radius 3 is 2.54 bits per heavy atom. The molecule has 2 aromatic carbocycles. The predicted octanol–water partition coefficient (Wildman–Crippen LogP) is 3.02. The van der Waals surface area contributed by atoms with E-state index in [1.807, 2.05) is 0 Å². The number of carbonyl (C=O) groups is 2. The number of hydrogen-bond donors (Lipinski definition) is 1. The molecule has 1 aliphatic heterocycles. The van der Waals surface area contributed by atoms with Crippen molar-refractivity contribution in [2.75, 3.05) is 26.2 Å². The van der Waals surface area contributed by atoms with E-state index in [9.17, 15) is 9.59 Å². The summed E-state index contributed by atoms with van der Waals surface area (Å²) < 4.78 is 10.5. The summed E-state index contributed by atoms with van der Waals surface area (Å²) in [6.07, 6.45) is 0. The predicted molar refractivity (Wildman–Crippen MR) is 90.0 cm³/mol. The van der Waals surface area contributed by atoms with Gasteiger partial charge in [0.2, 0.25) is 6.79 Å². The van der Waals surface area contributed by atoms with Crippen LogP contribution in [0.15, 0.2) is 36.4 Å². The van der Waals surface area contributed by atoms with E-state index < -0.39 is 0 Å². The lowest BCUT2D eigenvalue weighted by molar-refractivity contribution is 0.0827. The summed E-state index contributed by atoms with van der Waals surface area (Å²) in [6, 6.07) is 9.71. The molecule has 2 aromatic rings. The van der Waals surface area contributed by atoms with Crippen molar-refractivity contribution >= 4 is 29.1 Å². The highest BCUT2D eigenvalue weighted by atomic mass is 35.5. The van der Waals surface area contributed by atoms with Crippen molar-refractivity contribution in [2.24, 2.45) is 0 Å². The molecule has 7 heteroatoms. The molecular formula is C17H15ClN2O4. The first-order valence-electron chi connectivity index (χ1n) is 7.18. The Labute approximate surface area is 143 Å². The van der Waals surface area contributed by atoms with E-state index in [2.05, 4.69) is 5.32 Å². The van der Waals surface area contributed by atoms with Crippen LogP contribution in [0.3, 0.4) is 0 Å². The Morgan fingerprint density at radius 2 is 1.83 bits per heavy atom. The Hall–Kier alpha value is -2.73. The minimum atomic E-state index is -0.309. The van der Waals surface area contributed by atoms with Gasteiger partial charge in [0.1, 0.15) is 0 Å². The summed E-state index contributed by atoms with van der Waals surface area (Å²) in [6.45, 7) is 0.150. The van der Waals surface area contributed by atoms with Crippen LogP contribution < -0.4 is 14.8 Å². The van der Waals surface area contributed by atoms with Gasteiger partial charge in [-0.1, -0.05) is 11.6 Å². The Kier molecular flexibility index (Phi) is 4.31. The molecule has 3 rings (SSSR count). The highest BCUT2D eigenvalue weighted by Gasteiger charge is 2.17. The van der Waals surface area contributed by atoms with Gasteiger partial charge in [0, 0.05) is 25.3 Å². The number of amides is 2. The van der Waals surface area contributed by atoms with Crippen LogP contribution in [0, 0.1) is 0 Å². The van der Waals surface area contributed by atoms with Gasteiger partial charge >= 0.3 is 0 Å². The van der Waals surface area contributed by atoms with Crippen LogP contribution >= 0.6 is 11.6 Å². The molecule has 6 nitrogen and oxygen atoms in total. The van der Waals surface area contributed by atoms with E-state index in [-0.39, 0.29) is 23.6 Å². The molecule has 0 saturated carbocycles. The van der Waals surface area contributed by atoms with Crippen LogP contribution in [0.1, 0.15) is 20.7 Å². The van der Waals surface area contributed by atoms with Crippen LogP contribution in [0.5, 0.6) is 11.5 Å². The summed E-state index contributed by atoms with van der Waals surface area (Å²) in [4.78, 5) is 25.7. The summed E-state index contributed by atoms with van der Waals surface area (Å²) in [5.41, 5.74) is 1.31. The maximum atomic E-state index is 12.3. The average molecular weight is 347 g/mol. The molecule has 0 aliphatic carbocycles. The maximum absolute atomic E-state index is 12.3. The molecular weight excluding hydrogens is 332 g/mol. The maximum Gasteiger partial charge on any atom is 0.255 e. The molecule has 1 aliphatic rings. The van der Waals surface area contributed by atoms with Gasteiger partial charge in [-0.3, -0.25) is 9.59 Å². The molecule has 0 spiro atoms. The molecule has 0 unspecified atom stereocenters. The number of nitrogens with one attached hydrogen (secondary N) is 1. The topological polar surface area (TPSA) is 67.9 Å². The largest absolute Gasteiger partial charge is 0.454 e. The Morgan fingerprint density at radius 1 is 1.08 bits per heavy atom. The second-order valence-corrected chi connectivity index (χ2v) is 5.82. The van der Waals surface area contributed by atoms with Crippen LogP contribution in [-0.2, 0) is 0 Å². The van der Waals surface area contributed by atoms with E-state index in [1.165, 1.54) is 4.90 Å². The van der Waals surface area contributed by atoms with Crippen LogP contribution in [0.25, 0.3) is 0 Å². The number of nitrogens with zero attached hydrogens (tertiary/aromatic N) is 1. The standard InChI is InChI=1S/C17H15ClN2O4/c1-20(2)17(22)12-5-4-11(8-13(12)18)19-16(21)10-3-6-14-15(7-10)24-9-23-14/h3-8H,9H2,1-2H3,(H,19,21). The van der Waals surface area contributed by atoms with Crippen LogP contribution in [0.4, 0.5) is 5.69 Å². The number of rotatable bonds is 3. The molecule has 1 heterocycles. The van der Waals surface area contributed by atoms with Gasteiger partial charge in [0.05, 0.1) is 10.6 Å². The highest BCUT2D eigenvalue weighted by Crippen LogP contribution is 2.32. The lowest BCUT2D eigenvalue weighted by Crippen LogP contribution is -2.22. The number of carbonyl (C=O) groups excluding carboxylic acids is 2. The number of fused-ring (bicyclic) bond motifs is 1. The third kappa shape index (κ3) is 3.14. The number of hydrogen-bond acceptors (Lipinski definition) is 4. The first kappa shape index (κ1) is 16.1. The van der Waals surface area contributed by atoms with Gasteiger partial charge in [-0.05, 0) is 36.4 Å². The lowest BCUT2D eigenvalue weighted by Gasteiger charge is -2.13. The van der Waals surface area contributed by atoms with Crippen molar-refractivity contribution in [3.63, 3.8) is 0 Å². The van der Waals surface area contributed by atoms with Gasteiger partial charge in [-0.2, -0.15) is 0 Å². The highest BCUT2D eigenvalue weighted by molar-refractivity contribution is 6.34. The summed E-state index contributed by atoms with van der Waals surface area (Å²) >= 11 is 6.14. The summed E-state index contributed by atoms with van der Waals surface area (Å²) in [5, 5.41) is 3.02. The van der Waals surface area contributed by atoms with Gasteiger partial charge in [-0.25, -0.2) is 0 Å². The zero-order valence-corrected chi connectivity index (χ0v) is 13.9.